The molecule has 0 radical (unpaired) electrons. The summed E-state index contributed by atoms with van der Waals surface area (Å²) in [5.41, 5.74) is 10.3. The van der Waals surface area contributed by atoms with Crippen LogP contribution in [0.3, 0.4) is 0 Å². The van der Waals surface area contributed by atoms with E-state index in [1.165, 1.54) is 12.1 Å². The largest absolute Gasteiger partial charge is 0.416 e. The molecule has 0 amide bonds. The summed E-state index contributed by atoms with van der Waals surface area (Å²) in [7, 11) is 0. The van der Waals surface area contributed by atoms with Gasteiger partial charge in [0.15, 0.2) is 0 Å². The molecule has 1 heterocycles. The molecule has 1 aliphatic heterocycles. The number of nitrogens with two attached hydrogens (primary N) is 1. The van der Waals surface area contributed by atoms with Crippen LogP contribution in [0.4, 0.5) is 24.5 Å². The van der Waals surface area contributed by atoms with Gasteiger partial charge in [0.05, 0.1) is 5.56 Å². The molecule has 0 spiro atoms. The Morgan fingerprint density at radius 3 is 2.16 bits per heavy atom. The molecule has 1 saturated heterocycles. The van der Waals surface area contributed by atoms with Crippen molar-refractivity contribution in [3.63, 3.8) is 0 Å². The van der Waals surface area contributed by atoms with Crippen LogP contribution in [0.25, 0.3) is 0 Å². The van der Waals surface area contributed by atoms with Crippen LogP contribution in [-0.4, -0.2) is 13.1 Å². The SMILES string of the molecule is Cc1cc(N2CCC(c3cccc(C(F)(F)F)c3)CC2)cc(C)c1N. The van der Waals surface area contributed by atoms with Crippen LogP contribution in [0.2, 0.25) is 0 Å². The number of hydrogen-bond donors (Lipinski definition) is 1. The van der Waals surface area contributed by atoms with Crippen LogP contribution in [-0.2, 0) is 6.18 Å². The molecule has 0 atom stereocenters. The van der Waals surface area contributed by atoms with Gasteiger partial charge in [0.1, 0.15) is 0 Å². The first-order chi connectivity index (χ1) is 11.8. The number of nitrogens with zero attached hydrogens (tertiary/aromatic N) is 1. The van der Waals surface area contributed by atoms with Crippen molar-refractivity contribution in [3.05, 3.63) is 58.7 Å². The molecule has 25 heavy (non-hydrogen) atoms. The minimum Gasteiger partial charge on any atom is -0.398 e. The first kappa shape index (κ1) is 17.6. The van der Waals surface area contributed by atoms with E-state index in [2.05, 4.69) is 17.0 Å². The molecule has 134 valence electrons. The summed E-state index contributed by atoms with van der Waals surface area (Å²) in [6.07, 6.45) is -2.58. The van der Waals surface area contributed by atoms with E-state index in [1.54, 1.807) is 0 Å². The fourth-order valence-corrected chi connectivity index (χ4v) is 3.57. The predicted molar refractivity (Wildman–Crippen MR) is 96.0 cm³/mol. The number of nitrogen functional groups attached to an aromatic ring is 1. The maximum atomic E-state index is 12.9. The first-order valence-electron chi connectivity index (χ1n) is 8.54. The van der Waals surface area contributed by atoms with Crippen molar-refractivity contribution >= 4 is 11.4 Å². The lowest BCUT2D eigenvalue weighted by molar-refractivity contribution is -0.137. The summed E-state index contributed by atoms with van der Waals surface area (Å²) < 4.78 is 38.7. The van der Waals surface area contributed by atoms with E-state index in [1.807, 2.05) is 19.9 Å². The third-order valence-corrected chi connectivity index (χ3v) is 5.12. The maximum Gasteiger partial charge on any atom is 0.416 e. The van der Waals surface area contributed by atoms with Crippen molar-refractivity contribution in [1.29, 1.82) is 0 Å². The fraction of sp³-hybridized carbons (Fsp3) is 0.400. The zero-order chi connectivity index (χ0) is 18.2. The zero-order valence-corrected chi connectivity index (χ0v) is 14.5. The van der Waals surface area contributed by atoms with Crippen LogP contribution >= 0.6 is 0 Å². The highest BCUT2D eigenvalue weighted by Crippen LogP contribution is 2.35. The standard InChI is InChI=1S/C20H23F3N2/c1-13-10-18(11-14(2)19(13)24)25-8-6-15(7-9-25)16-4-3-5-17(12-16)20(21,22)23/h3-5,10-12,15H,6-9,24H2,1-2H3. The van der Waals surface area contributed by atoms with Gasteiger partial charge in [-0.05, 0) is 67.5 Å². The van der Waals surface area contributed by atoms with Crippen molar-refractivity contribution in [3.8, 4) is 0 Å². The van der Waals surface area contributed by atoms with Gasteiger partial charge in [-0.3, -0.25) is 0 Å². The first-order valence-corrected chi connectivity index (χ1v) is 8.54. The van der Waals surface area contributed by atoms with Crippen molar-refractivity contribution < 1.29 is 13.2 Å². The molecule has 1 aliphatic rings. The lowest BCUT2D eigenvalue weighted by Crippen LogP contribution is -2.33. The quantitative estimate of drug-likeness (QED) is 0.747. The Labute approximate surface area is 146 Å². The van der Waals surface area contributed by atoms with E-state index in [-0.39, 0.29) is 5.92 Å². The number of piperidine rings is 1. The molecule has 2 aromatic carbocycles. The Morgan fingerprint density at radius 1 is 1.00 bits per heavy atom. The molecule has 0 bridgehead atoms. The second-order valence-electron chi connectivity index (χ2n) is 6.88. The molecule has 0 unspecified atom stereocenters. The van der Waals surface area contributed by atoms with Crippen molar-refractivity contribution in [2.24, 2.45) is 0 Å². The van der Waals surface area contributed by atoms with Gasteiger partial charge >= 0.3 is 6.18 Å². The molecular weight excluding hydrogens is 325 g/mol. The smallest absolute Gasteiger partial charge is 0.398 e. The van der Waals surface area contributed by atoms with E-state index in [0.29, 0.717) is 0 Å². The van der Waals surface area contributed by atoms with Crippen LogP contribution in [0.1, 0.15) is 41.0 Å². The molecule has 1 fully saturated rings. The molecule has 2 N–H and O–H groups in total. The highest BCUT2D eigenvalue weighted by Gasteiger charge is 2.31. The number of benzene rings is 2. The minimum atomic E-state index is -4.28. The van der Waals surface area contributed by atoms with Crippen molar-refractivity contribution in [2.75, 3.05) is 23.7 Å². The van der Waals surface area contributed by atoms with E-state index in [0.717, 1.165) is 60.1 Å². The van der Waals surface area contributed by atoms with Crippen LogP contribution < -0.4 is 10.6 Å². The molecule has 0 aliphatic carbocycles. The van der Waals surface area contributed by atoms with Gasteiger partial charge in [-0.25, -0.2) is 0 Å². The average Bonchev–Trinajstić information content (AvgIpc) is 2.59. The van der Waals surface area contributed by atoms with Gasteiger partial charge in [0.2, 0.25) is 0 Å². The second-order valence-corrected chi connectivity index (χ2v) is 6.88. The predicted octanol–water partition coefficient (Wildman–Crippen LogP) is 5.29. The molecule has 3 rings (SSSR count). The van der Waals surface area contributed by atoms with Gasteiger partial charge in [-0.15, -0.1) is 0 Å². The number of halogens is 3. The summed E-state index contributed by atoms with van der Waals surface area (Å²) in [4.78, 5) is 2.30. The number of rotatable bonds is 2. The van der Waals surface area contributed by atoms with Gasteiger partial charge in [0, 0.05) is 24.5 Å². The summed E-state index contributed by atoms with van der Waals surface area (Å²) in [5, 5.41) is 0. The fourth-order valence-electron chi connectivity index (χ4n) is 3.57. The number of anilines is 2. The second kappa shape index (κ2) is 6.62. The molecule has 0 aromatic heterocycles. The Morgan fingerprint density at radius 2 is 1.60 bits per heavy atom. The van der Waals surface area contributed by atoms with E-state index in [4.69, 9.17) is 5.73 Å². The summed E-state index contributed by atoms with van der Waals surface area (Å²) in [5.74, 6) is 0.175. The number of aryl methyl sites for hydroxylation is 2. The van der Waals surface area contributed by atoms with E-state index < -0.39 is 11.7 Å². The van der Waals surface area contributed by atoms with E-state index in [9.17, 15) is 13.2 Å². The molecule has 2 aromatic rings. The van der Waals surface area contributed by atoms with Crippen molar-refractivity contribution in [2.45, 2.75) is 38.8 Å². The van der Waals surface area contributed by atoms with Crippen LogP contribution in [0.5, 0.6) is 0 Å². The summed E-state index contributed by atoms with van der Waals surface area (Å²) in [6, 6.07) is 9.95. The maximum absolute atomic E-state index is 12.9. The molecular formula is C20H23F3N2. The molecule has 5 heteroatoms. The Balaban J connectivity index is 1.72. The van der Waals surface area contributed by atoms with Gasteiger partial charge in [-0.1, -0.05) is 18.2 Å². The number of hydrogen-bond acceptors (Lipinski definition) is 2. The Kier molecular flexibility index (Phi) is 4.67. The van der Waals surface area contributed by atoms with E-state index >= 15 is 0 Å². The highest BCUT2D eigenvalue weighted by molar-refractivity contribution is 5.63. The average molecular weight is 348 g/mol. The van der Waals surface area contributed by atoms with Gasteiger partial charge < -0.3 is 10.6 Å². The monoisotopic (exact) mass is 348 g/mol. The topological polar surface area (TPSA) is 29.3 Å². The summed E-state index contributed by atoms with van der Waals surface area (Å²) >= 11 is 0. The van der Waals surface area contributed by atoms with Gasteiger partial charge in [0.25, 0.3) is 0 Å². The molecule has 2 nitrogen and oxygen atoms in total. The third kappa shape index (κ3) is 3.75. The Bertz CT molecular complexity index is 737. The lowest BCUT2D eigenvalue weighted by atomic mass is 9.88. The zero-order valence-electron chi connectivity index (χ0n) is 14.5. The van der Waals surface area contributed by atoms with Crippen LogP contribution in [0.15, 0.2) is 36.4 Å². The minimum absolute atomic E-state index is 0.175. The van der Waals surface area contributed by atoms with Crippen molar-refractivity contribution in [1.82, 2.24) is 0 Å². The van der Waals surface area contributed by atoms with Crippen LogP contribution in [0, 0.1) is 13.8 Å². The molecule has 0 saturated carbocycles. The normalized spacial score (nSPS) is 16.3. The Hall–Kier alpha value is -2.17. The highest BCUT2D eigenvalue weighted by atomic mass is 19.4. The lowest BCUT2D eigenvalue weighted by Gasteiger charge is -2.34. The summed E-state index contributed by atoms with van der Waals surface area (Å²) in [6.45, 7) is 5.68. The number of alkyl halides is 3. The third-order valence-electron chi connectivity index (χ3n) is 5.12. The van der Waals surface area contributed by atoms with Gasteiger partial charge in [-0.2, -0.15) is 13.2 Å².